The van der Waals surface area contributed by atoms with Crippen LogP contribution in [-0.4, -0.2) is 15.3 Å². The molecule has 0 bridgehead atoms. The molecule has 0 saturated heterocycles. The van der Waals surface area contributed by atoms with Crippen LogP contribution in [0.15, 0.2) is 24.3 Å². The molecule has 3 aromatic carbocycles. The van der Waals surface area contributed by atoms with E-state index in [9.17, 15) is 15.3 Å². The molecule has 0 spiro atoms. The standard InChI is InChI=1S/C24H29N3O3/c1-11-5-17(25)7-15(22(11)28)9-19-13(3)21(27)14(4)20(24(19)30)10-16-8-18(26)6-12(2)23(16)29/h5-8,28-30H,9-10,25-27H2,1-4H3. The van der Waals surface area contributed by atoms with Crippen LogP contribution in [0, 0.1) is 27.7 Å². The maximum absolute atomic E-state index is 11.2. The van der Waals surface area contributed by atoms with Crippen molar-refractivity contribution in [3.63, 3.8) is 0 Å². The third-order valence-electron chi connectivity index (χ3n) is 5.82. The van der Waals surface area contributed by atoms with E-state index in [1.54, 1.807) is 38.1 Å². The van der Waals surface area contributed by atoms with Gasteiger partial charge in [0, 0.05) is 52.2 Å². The summed E-state index contributed by atoms with van der Waals surface area (Å²) in [6.45, 7) is 7.25. The number of phenolic OH excluding ortho intramolecular Hbond substituents is 3. The van der Waals surface area contributed by atoms with Gasteiger partial charge in [-0.25, -0.2) is 0 Å². The number of benzene rings is 3. The summed E-state index contributed by atoms with van der Waals surface area (Å²) in [4.78, 5) is 0. The van der Waals surface area contributed by atoms with Crippen LogP contribution in [0.5, 0.6) is 17.2 Å². The van der Waals surface area contributed by atoms with E-state index >= 15 is 0 Å². The first-order chi connectivity index (χ1) is 14.0. The third kappa shape index (κ3) is 3.68. The molecule has 30 heavy (non-hydrogen) atoms. The van der Waals surface area contributed by atoms with Gasteiger partial charge in [-0.2, -0.15) is 0 Å². The van der Waals surface area contributed by atoms with Crippen molar-refractivity contribution in [2.75, 3.05) is 17.2 Å². The summed E-state index contributed by atoms with van der Waals surface area (Å²) in [7, 11) is 0. The zero-order chi connectivity index (χ0) is 22.3. The van der Waals surface area contributed by atoms with Crippen molar-refractivity contribution in [2.45, 2.75) is 40.5 Å². The fourth-order valence-corrected chi connectivity index (χ4v) is 3.99. The van der Waals surface area contributed by atoms with E-state index in [0.29, 0.717) is 50.4 Å². The van der Waals surface area contributed by atoms with Gasteiger partial charge in [-0.1, -0.05) is 0 Å². The van der Waals surface area contributed by atoms with Crippen LogP contribution in [-0.2, 0) is 12.8 Å². The Morgan fingerprint density at radius 3 is 1.33 bits per heavy atom. The van der Waals surface area contributed by atoms with Gasteiger partial charge in [0.25, 0.3) is 0 Å². The van der Waals surface area contributed by atoms with Crippen molar-refractivity contribution >= 4 is 17.1 Å². The number of nitrogen functional groups attached to an aromatic ring is 3. The first kappa shape index (κ1) is 21.2. The number of phenols is 3. The van der Waals surface area contributed by atoms with E-state index in [1.807, 2.05) is 13.8 Å². The lowest BCUT2D eigenvalue weighted by Gasteiger charge is -2.20. The smallest absolute Gasteiger partial charge is 0.123 e. The predicted octanol–water partition coefficient (Wildman–Crippen LogP) is 3.97. The fraction of sp³-hybridized carbons (Fsp3) is 0.250. The highest BCUT2D eigenvalue weighted by molar-refractivity contribution is 5.68. The number of anilines is 3. The number of nitrogens with two attached hydrogens (primary N) is 3. The normalized spacial score (nSPS) is 11.1. The summed E-state index contributed by atoms with van der Waals surface area (Å²) in [5.41, 5.74) is 25.2. The molecule has 0 aliphatic heterocycles. The largest absolute Gasteiger partial charge is 0.507 e. The molecule has 0 saturated carbocycles. The molecule has 0 fully saturated rings. The molecule has 158 valence electrons. The number of hydrogen-bond donors (Lipinski definition) is 6. The minimum Gasteiger partial charge on any atom is -0.507 e. The number of aryl methyl sites for hydroxylation is 2. The van der Waals surface area contributed by atoms with Crippen molar-refractivity contribution in [2.24, 2.45) is 0 Å². The monoisotopic (exact) mass is 407 g/mol. The maximum Gasteiger partial charge on any atom is 0.123 e. The van der Waals surface area contributed by atoms with Gasteiger partial charge < -0.3 is 32.5 Å². The Bertz CT molecular complexity index is 1070. The third-order valence-corrected chi connectivity index (χ3v) is 5.82. The molecular weight excluding hydrogens is 378 g/mol. The molecule has 0 aliphatic rings. The highest BCUT2D eigenvalue weighted by Crippen LogP contribution is 2.40. The molecule has 0 radical (unpaired) electrons. The van der Waals surface area contributed by atoms with Gasteiger partial charge in [0.05, 0.1) is 0 Å². The Kier molecular flexibility index (Phi) is 5.44. The van der Waals surface area contributed by atoms with Gasteiger partial charge in [0.2, 0.25) is 0 Å². The molecular formula is C24H29N3O3. The van der Waals surface area contributed by atoms with Crippen LogP contribution in [0.4, 0.5) is 17.1 Å². The second-order valence-corrected chi connectivity index (χ2v) is 8.01. The second-order valence-electron chi connectivity index (χ2n) is 8.01. The lowest BCUT2D eigenvalue weighted by molar-refractivity contribution is 0.454. The van der Waals surface area contributed by atoms with E-state index in [2.05, 4.69) is 0 Å². The SMILES string of the molecule is Cc1cc(N)cc(Cc2c(C)c(N)c(C)c(Cc3cc(N)cc(C)c3O)c2O)c1O. The minimum atomic E-state index is 0.0955. The van der Waals surface area contributed by atoms with Crippen molar-refractivity contribution in [1.82, 2.24) is 0 Å². The summed E-state index contributed by atoms with van der Waals surface area (Å²) in [6, 6.07) is 6.80. The molecule has 9 N–H and O–H groups in total. The molecule has 0 aromatic heterocycles. The Hall–Kier alpha value is -3.54. The van der Waals surface area contributed by atoms with Crippen molar-refractivity contribution < 1.29 is 15.3 Å². The second kappa shape index (κ2) is 7.71. The van der Waals surface area contributed by atoms with Crippen molar-refractivity contribution in [3.8, 4) is 17.2 Å². The van der Waals surface area contributed by atoms with Crippen LogP contribution in [0.2, 0.25) is 0 Å². The van der Waals surface area contributed by atoms with Gasteiger partial charge in [0.15, 0.2) is 0 Å². The number of hydrogen-bond acceptors (Lipinski definition) is 6. The summed E-state index contributed by atoms with van der Waals surface area (Å²) in [6.07, 6.45) is 0.545. The molecule has 3 aromatic rings. The van der Waals surface area contributed by atoms with Crippen LogP contribution in [0.1, 0.15) is 44.5 Å². The molecule has 0 heterocycles. The minimum absolute atomic E-state index is 0.0955. The van der Waals surface area contributed by atoms with Crippen LogP contribution in [0.25, 0.3) is 0 Å². The molecule has 6 nitrogen and oxygen atoms in total. The lowest BCUT2D eigenvalue weighted by atomic mass is 9.88. The molecule has 0 amide bonds. The quantitative estimate of drug-likeness (QED) is 0.286. The topological polar surface area (TPSA) is 139 Å². The van der Waals surface area contributed by atoms with Gasteiger partial charge >= 0.3 is 0 Å². The molecule has 6 heteroatoms. The highest BCUT2D eigenvalue weighted by atomic mass is 16.3. The zero-order valence-electron chi connectivity index (χ0n) is 17.8. The molecule has 3 rings (SSSR count). The average molecular weight is 408 g/mol. The zero-order valence-corrected chi connectivity index (χ0v) is 17.8. The van der Waals surface area contributed by atoms with E-state index in [-0.39, 0.29) is 30.1 Å². The molecule has 0 unspecified atom stereocenters. The van der Waals surface area contributed by atoms with Crippen molar-refractivity contribution in [1.29, 1.82) is 0 Å². The van der Waals surface area contributed by atoms with E-state index in [0.717, 1.165) is 11.1 Å². The molecule has 0 atom stereocenters. The molecule has 0 aliphatic carbocycles. The average Bonchev–Trinajstić information content (AvgIpc) is 2.67. The maximum atomic E-state index is 11.2. The van der Waals surface area contributed by atoms with Gasteiger partial charge in [0.1, 0.15) is 17.2 Å². The van der Waals surface area contributed by atoms with Crippen molar-refractivity contribution in [3.05, 3.63) is 68.8 Å². The Morgan fingerprint density at radius 1 is 0.600 bits per heavy atom. The fourth-order valence-electron chi connectivity index (χ4n) is 3.99. The predicted molar refractivity (Wildman–Crippen MR) is 122 cm³/mol. The Balaban J connectivity index is 2.15. The van der Waals surface area contributed by atoms with Gasteiger partial charge in [-0.05, 0) is 74.2 Å². The number of aromatic hydroxyl groups is 3. The van der Waals surface area contributed by atoms with E-state index in [4.69, 9.17) is 17.2 Å². The van der Waals surface area contributed by atoms with Gasteiger partial charge in [-0.15, -0.1) is 0 Å². The van der Waals surface area contributed by atoms with Crippen LogP contribution >= 0.6 is 0 Å². The first-order valence-corrected chi connectivity index (χ1v) is 9.76. The van der Waals surface area contributed by atoms with Crippen LogP contribution in [0.3, 0.4) is 0 Å². The van der Waals surface area contributed by atoms with Crippen LogP contribution < -0.4 is 17.2 Å². The van der Waals surface area contributed by atoms with Gasteiger partial charge in [-0.3, -0.25) is 0 Å². The summed E-state index contributed by atoms with van der Waals surface area (Å²) < 4.78 is 0. The summed E-state index contributed by atoms with van der Waals surface area (Å²) in [5, 5.41) is 32.1. The Labute approximate surface area is 176 Å². The Morgan fingerprint density at radius 2 is 0.967 bits per heavy atom. The highest BCUT2D eigenvalue weighted by Gasteiger charge is 2.21. The van der Waals surface area contributed by atoms with E-state index < -0.39 is 0 Å². The number of rotatable bonds is 4. The first-order valence-electron chi connectivity index (χ1n) is 9.76. The lowest BCUT2D eigenvalue weighted by Crippen LogP contribution is -2.06. The summed E-state index contributed by atoms with van der Waals surface area (Å²) in [5.74, 6) is 0.388. The van der Waals surface area contributed by atoms with E-state index in [1.165, 1.54) is 0 Å². The summed E-state index contributed by atoms with van der Waals surface area (Å²) >= 11 is 0.